The summed E-state index contributed by atoms with van der Waals surface area (Å²) < 4.78 is 35.6. The van der Waals surface area contributed by atoms with Gasteiger partial charge in [0, 0.05) is 12.1 Å². The third-order valence-corrected chi connectivity index (χ3v) is 2.25. The quantitative estimate of drug-likeness (QED) is 0.826. The van der Waals surface area contributed by atoms with Gasteiger partial charge in [-0.05, 0) is 18.2 Å². The van der Waals surface area contributed by atoms with Crippen LogP contribution in [0.25, 0.3) is 0 Å². The summed E-state index contributed by atoms with van der Waals surface area (Å²) in [5, 5.41) is 2.54. The van der Waals surface area contributed by atoms with Gasteiger partial charge in [0.25, 0.3) is 0 Å². The number of hydrogen-bond acceptors (Lipinski definition) is 2. The summed E-state index contributed by atoms with van der Waals surface area (Å²) in [5.74, 6) is -0.719. The number of rotatable bonds is 3. The molecule has 7 heteroatoms. The number of carbonyl (C=O) groups excluding carboxylic acids is 1. The minimum Gasteiger partial charge on any atom is -0.398 e. The van der Waals surface area contributed by atoms with E-state index in [4.69, 9.17) is 17.3 Å². The zero-order chi connectivity index (χ0) is 13.1. The molecule has 0 bridgehead atoms. The van der Waals surface area contributed by atoms with Crippen molar-refractivity contribution < 1.29 is 18.0 Å². The Morgan fingerprint density at radius 2 is 2.06 bits per heavy atom. The number of benzene rings is 1. The fourth-order valence-corrected chi connectivity index (χ4v) is 1.26. The molecule has 0 heterocycles. The lowest BCUT2D eigenvalue weighted by Gasteiger charge is -2.08. The molecule has 0 spiro atoms. The molecule has 3 nitrogen and oxygen atoms in total. The van der Waals surface area contributed by atoms with Crippen molar-refractivity contribution in [1.82, 2.24) is 0 Å². The molecule has 0 aromatic heterocycles. The van der Waals surface area contributed by atoms with E-state index in [2.05, 4.69) is 5.32 Å². The molecule has 94 valence electrons. The first-order valence-electron chi connectivity index (χ1n) is 4.69. The zero-order valence-corrected chi connectivity index (χ0v) is 9.40. The predicted octanol–water partition coefficient (Wildman–Crippen LogP) is 3.20. The van der Waals surface area contributed by atoms with Gasteiger partial charge in [-0.15, -0.1) is 0 Å². The Bertz CT molecular complexity index is 421. The zero-order valence-electron chi connectivity index (χ0n) is 8.64. The lowest BCUT2D eigenvalue weighted by Crippen LogP contribution is -2.16. The summed E-state index contributed by atoms with van der Waals surface area (Å²) in [7, 11) is 0. The first-order chi connectivity index (χ1) is 7.78. The number of nitrogen functional groups attached to an aromatic ring is 1. The summed E-state index contributed by atoms with van der Waals surface area (Å²) in [6, 6.07) is 4.30. The van der Waals surface area contributed by atoms with Crippen LogP contribution in [0.1, 0.15) is 12.8 Å². The molecule has 0 saturated heterocycles. The van der Waals surface area contributed by atoms with Gasteiger partial charge in [-0.25, -0.2) is 0 Å². The average molecular weight is 267 g/mol. The first kappa shape index (κ1) is 13.6. The fraction of sp³-hybridized carbons (Fsp3) is 0.300. The second kappa shape index (κ2) is 5.27. The molecule has 0 aliphatic rings. The average Bonchev–Trinajstić information content (AvgIpc) is 2.20. The summed E-state index contributed by atoms with van der Waals surface area (Å²) in [4.78, 5) is 11.2. The summed E-state index contributed by atoms with van der Waals surface area (Å²) in [6.45, 7) is 0. The summed E-state index contributed by atoms with van der Waals surface area (Å²) >= 11 is 5.69. The van der Waals surface area contributed by atoms with Crippen LogP contribution in [0.15, 0.2) is 18.2 Å². The van der Waals surface area contributed by atoms with Crippen LogP contribution in [0, 0.1) is 0 Å². The van der Waals surface area contributed by atoms with Crippen LogP contribution in [-0.2, 0) is 4.79 Å². The molecule has 17 heavy (non-hydrogen) atoms. The van der Waals surface area contributed by atoms with E-state index in [1.54, 1.807) is 0 Å². The number of anilines is 2. The molecule has 1 aromatic carbocycles. The minimum atomic E-state index is -4.34. The van der Waals surface area contributed by atoms with E-state index in [9.17, 15) is 18.0 Å². The van der Waals surface area contributed by atoms with Gasteiger partial charge < -0.3 is 11.1 Å². The number of amides is 1. The summed E-state index contributed by atoms with van der Waals surface area (Å²) in [6.07, 6.45) is -6.11. The van der Waals surface area contributed by atoms with E-state index in [0.29, 0.717) is 11.4 Å². The molecule has 0 atom stereocenters. The van der Waals surface area contributed by atoms with Gasteiger partial charge in [0.05, 0.1) is 17.1 Å². The Kier molecular flexibility index (Phi) is 4.22. The van der Waals surface area contributed by atoms with Gasteiger partial charge in [-0.1, -0.05) is 11.6 Å². The standard InChI is InChI=1S/C10H10ClF3N2O/c11-7-5-6(1-2-8(7)15)16-9(17)3-4-10(12,13)14/h1-2,5H,3-4,15H2,(H,16,17). The highest BCUT2D eigenvalue weighted by molar-refractivity contribution is 6.33. The molecule has 0 aliphatic heterocycles. The molecular formula is C10H10ClF3N2O. The van der Waals surface area contributed by atoms with Crippen molar-refractivity contribution in [1.29, 1.82) is 0 Å². The van der Waals surface area contributed by atoms with Gasteiger partial charge in [0.15, 0.2) is 0 Å². The van der Waals surface area contributed by atoms with Gasteiger partial charge in [-0.2, -0.15) is 13.2 Å². The van der Waals surface area contributed by atoms with Crippen LogP contribution in [-0.4, -0.2) is 12.1 Å². The smallest absolute Gasteiger partial charge is 0.389 e. The monoisotopic (exact) mass is 266 g/mol. The number of hydrogen-bond donors (Lipinski definition) is 2. The molecule has 0 aliphatic carbocycles. The van der Waals surface area contributed by atoms with Crippen LogP contribution in [0.2, 0.25) is 5.02 Å². The predicted molar refractivity (Wildman–Crippen MR) is 59.8 cm³/mol. The van der Waals surface area contributed by atoms with Gasteiger partial charge in [0.2, 0.25) is 5.91 Å². The van der Waals surface area contributed by atoms with E-state index in [-0.39, 0.29) is 5.02 Å². The Labute approximate surface area is 101 Å². The molecule has 1 amide bonds. The topological polar surface area (TPSA) is 55.1 Å². The molecule has 0 radical (unpaired) electrons. The largest absolute Gasteiger partial charge is 0.398 e. The SMILES string of the molecule is Nc1ccc(NC(=O)CCC(F)(F)F)cc1Cl. The maximum atomic E-state index is 11.9. The fourth-order valence-electron chi connectivity index (χ4n) is 1.08. The highest BCUT2D eigenvalue weighted by atomic mass is 35.5. The number of carbonyl (C=O) groups is 1. The van der Waals surface area contributed by atoms with Crippen LogP contribution >= 0.6 is 11.6 Å². The third kappa shape index (κ3) is 4.95. The van der Waals surface area contributed by atoms with Crippen molar-refractivity contribution in [2.75, 3.05) is 11.1 Å². The van der Waals surface area contributed by atoms with E-state index >= 15 is 0 Å². The maximum Gasteiger partial charge on any atom is 0.389 e. The molecule has 0 fully saturated rings. The number of nitrogens with two attached hydrogens (primary N) is 1. The molecule has 3 N–H and O–H groups in total. The van der Waals surface area contributed by atoms with Gasteiger partial charge >= 0.3 is 6.18 Å². The van der Waals surface area contributed by atoms with Gasteiger partial charge in [-0.3, -0.25) is 4.79 Å². The van der Waals surface area contributed by atoms with E-state index in [1.165, 1.54) is 18.2 Å². The van der Waals surface area contributed by atoms with Crippen molar-refractivity contribution >= 4 is 28.9 Å². The Morgan fingerprint density at radius 3 is 2.59 bits per heavy atom. The highest BCUT2D eigenvalue weighted by Gasteiger charge is 2.27. The second-order valence-electron chi connectivity index (χ2n) is 3.40. The molecule has 1 rings (SSSR count). The van der Waals surface area contributed by atoms with Gasteiger partial charge in [0.1, 0.15) is 0 Å². The van der Waals surface area contributed by atoms with Crippen molar-refractivity contribution in [2.24, 2.45) is 0 Å². The van der Waals surface area contributed by atoms with E-state index in [0.717, 1.165) is 0 Å². The van der Waals surface area contributed by atoms with E-state index in [1.807, 2.05) is 0 Å². The highest BCUT2D eigenvalue weighted by Crippen LogP contribution is 2.24. The van der Waals surface area contributed by atoms with Crippen LogP contribution in [0.3, 0.4) is 0 Å². The molecule has 1 aromatic rings. The Hall–Kier alpha value is -1.43. The van der Waals surface area contributed by atoms with Crippen LogP contribution < -0.4 is 11.1 Å². The van der Waals surface area contributed by atoms with Crippen molar-refractivity contribution in [3.05, 3.63) is 23.2 Å². The molecule has 0 saturated carbocycles. The Balaban J connectivity index is 2.54. The first-order valence-corrected chi connectivity index (χ1v) is 5.07. The van der Waals surface area contributed by atoms with Crippen molar-refractivity contribution in [2.45, 2.75) is 19.0 Å². The number of halogens is 4. The second-order valence-corrected chi connectivity index (χ2v) is 3.81. The third-order valence-electron chi connectivity index (χ3n) is 1.92. The molecular weight excluding hydrogens is 257 g/mol. The lowest BCUT2D eigenvalue weighted by molar-refractivity contribution is -0.142. The maximum absolute atomic E-state index is 11.9. The lowest BCUT2D eigenvalue weighted by atomic mass is 10.2. The van der Waals surface area contributed by atoms with E-state index < -0.39 is 24.9 Å². The Morgan fingerprint density at radius 1 is 1.41 bits per heavy atom. The normalized spacial score (nSPS) is 11.3. The van der Waals surface area contributed by atoms with Crippen molar-refractivity contribution in [3.8, 4) is 0 Å². The van der Waals surface area contributed by atoms with Crippen LogP contribution in [0.5, 0.6) is 0 Å². The number of alkyl halides is 3. The number of nitrogens with one attached hydrogen (secondary N) is 1. The minimum absolute atomic E-state index is 0.235. The van der Waals surface area contributed by atoms with Crippen molar-refractivity contribution in [3.63, 3.8) is 0 Å². The summed E-state index contributed by atoms with van der Waals surface area (Å²) in [5.41, 5.74) is 6.09. The molecule has 0 unspecified atom stereocenters. The van der Waals surface area contributed by atoms with Crippen LogP contribution in [0.4, 0.5) is 24.5 Å².